The van der Waals surface area contributed by atoms with E-state index in [0.29, 0.717) is 6.61 Å². The van der Waals surface area contributed by atoms with Crippen LogP contribution in [0.2, 0.25) is 0 Å². The predicted molar refractivity (Wildman–Crippen MR) is 84.3 cm³/mol. The van der Waals surface area contributed by atoms with Crippen molar-refractivity contribution in [3.8, 4) is 0 Å². The second kappa shape index (κ2) is 6.60. The summed E-state index contributed by atoms with van der Waals surface area (Å²) in [6.07, 6.45) is 1.67. The molecule has 1 fully saturated rings. The van der Waals surface area contributed by atoms with Crippen LogP contribution < -0.4 is 0 Å². The molecule has 2 aromatic rings. The number of amides is 1. The summed E-state index contributed by atoms with van der Waals surface area (Å²) < 4.78 is 5.45. The van der Waals surface area contributed by atoms with Crippen molar-refractivity contribution in [1.29, 1.82) is 0 Å². The number of carbonyl (C=O) groups is 1. The minimum atomic E-state index is -0.255. The van der Waals surface area contributed by atoms with E-state index >= 15 is 0 Å². The molecule has 1 saturated heterocycles. The molecule has 1 unspecified atom stereocenters. The second-order valence-electron chi connectivity index (χ2n) is 5.60. The molecule has 0 saturated carbocycles. The number of aryl methyl sites for hydroxylation is 1. The maximum absolute atomic E-state index is 12.4. The van der Waals surface area contributed by atoms with Gasteiger partial charge in [0.05, 0.1) is 11.7 Å². The summed E-state index contributed by atoms with van der Waals surface area (Å²) in [6.45, 7) is 3.01. The molecule has 1 amide bonds. The summed E-state index contributed by atoms with van der Waals surface area (Å²) in [5.74, 6) is 0. The fraction of sp³-hybridized carbons (Fsp3) is 0.333. The monoisotopic (exact) mass is 296 g/mol. The molecule has 0 N–H and O–H groups in total. The first-order valence-corrected chi connectivity index (χ1v) is 7.65. The molecule has 1 aromatic carbocycles. The van der Waals surface area contributed by atoms with Crippen LogP contribution in [0.3, 0.4) is 0 Å². The van der Waals surface area contributed by atoms with Crippen LogP contribution in [0.4, 0.5) is 4.79 Å². The molecule has 0 spiro atoms. The van der Waals surface area contributed by atoms with E-state index < -0.39 is 0 Å². The van der Waals surface area contributed by atoms with E-state index in [1.807, 2.05) is 55.5 Å². The van der Waals surface area contributed by atoms with Crippen molar-refractivity contribution in [3.63, 3.8) is 0 Å². The highest BCUT2D eigenvalue weighted by Crippen LogP contribution is 2.31. The Hall–Kier alpha value is -2.36. The van der Waals surface area contributed by atoms with E-state index in [1.54, 1.807) is 4.90 Å². The van der Waals surface area contributed by atoms with Crippen LogP contribution in [-0.2, 0) is 11.3 Å². The van der Waals surface area contributed by atoms with Crippen molar-refractivity contribution in [2.45, 2.75) is 32.4 Å². The van der Waals surface area contributed by atoms with E-state index in [2.05, 4.69) is 4.98 Å². The van der Waals surface area contributed by atoms with E-state index in [4.69, 9.17) is 4.74 Å². The van der Waals surface area contributed by atoms with Gasteiger partial charge in [0.15, 0.2) is 0 Å². The molecule has 0 aliphatic carbocycles. The van der Waals surface area contributed by atoms with Crippen LogP contribution in [0.5, 0.6) is 0 Å². The van der Waals surface area contributed by atoms with Gasteiger partial charge in [0.25, 0.3) is 0 Å². The van der Waals surface area contributed by atoms with Gasteiger partial charge in [-0.1, -0.05) is 36.4 Å². The van der Waals surface area contributed by atoms with E-state index in [0.717, 1.165) is 36.3 Å². The molecule has 1 atom stereocenters. The van der Waals surface area contributed by atoms with Crippen LogP contribution >= 0.6 is 0 Å². The highest BCUT2D eigenvalue weighted by molar-refractivity contribution is 5.68. The molecule has 3 rings (SSSR count). The van der Waals surface area contributed by atoms with E-state index in [-0.39, 0.29) is 12.1 Å². The number of ether oxygens (including phenoxy) is 1. The zero-order valence-electron chi connectivity index (χ0n) is 12.7. The fourth-order valence-electron chi connectivity index (χ4n) is 2.84. The van der Waals surface area contributed by atoms with Gasteiger partial charge in [0.2, 0.25) is 0 Å². The lowest BCUT2D eigenvalue weighted by atomic mass is 10.1. The highest BCUT2D eigenvalue weighted by Gasteiger charge is 2.31. The average molecular weight is 296 g/mol. The summed E-state index contributed by atoms with van der Waals surface area (Å²) >= 11 is 0. The number of carbonyl (C=O) groups excluding carboxylic acids is 1. The van der Waals surface area contributed by atoms with Gasteiger partial charge in [-0.2, -0.15) is 0 Å². The maximum atomic E-state index is 12.4. The van der Waals surface area contributed by atoms with Crippen LogP contribution in [0.15, 0.2) is 48.5 Å². The van der Waals surface area contributed by atoms with Gasteiger partial charge >= 0.3 is 6.09 Å². The Labute approximate surface area is 130 Å². The number of hydrogen-bond acceptors (Lipinski definition) is 3. The van der Waals surface area contributed by atoms with Gasteiger partial charge in [-0.05, 0) is 37.5 Å². The molecule has 1 aromatic heterocycles. The molecule has 1 aliphatic rings. The number of likely N-dealkylation sites (tertiary alicyclic amines) is 1. The number of rotatable bonds is 3. The van der Waals surface area contributed by atoms with Crippen molar-refractivity contribution in [2.75, 3.05) is 6.54 Å². The summed E-state index contributed by atoms with van der Waals surface area (Å²) in [4.78, 5) is 18.7. The number of nitrogens with zero attached hydrogens (tertiary/aromatic N) is 2. The van der Waals surface area contributed by atoms with Crippen molar-refractivity contribution in [2.24, 2.45) is 0 Å². The minimum absolute atomic E-state index is 0.0307. The van der Waals surface area contributed by atoms with Gasteiger partial charge in [0.1, 0.15) is 6.61 Å². The van der Waals surface area contributed by atoms with Gasteiger partial charge < -0.3 is 4.74 Å². The van der Waals surface area contributed by atoms with Gasteiger partial charge in [-0.3, -0.25) is 9.88 Å². The third-order valence-corrected chi connectivity index (χ3v) is 3.94. The first-order valence-electron chi connectivity index (χ1n) is 7.65. The van der Waals surface area contributed by atoms with Crippen LogP contribution in [-0.4, -0.2) is 22.5 Å². The van der Waals surface area contributed by atoms with Crippen LogP contribution in [0, 0.1) is 6.92 Å². The lowest BCUT2D eigenvalue weighted by Gasteiger charge is -2.23. The Morgan fingerprint density at radius 2 is 2.05 bits per heavy atom. The first-order chi connectivity index (χ1) is 10.7. The molecule has 114 valence electrons. The molecule has 4 nitrogen and oxygen atoms in total. The number of benzene rings is 1. The Balaban J connectivity index is 1.66. The fourth-order valence-corrected chi connectivity index (χ4v) is 2.84. The Kier molecular flexibility index (Phi) is 4.37. The van der Waals surface area contributed by atoms with Crippen molar-refractivity contribution in [1.82, 2.24) is 9.88 Å². The normalized spacial score (nSPS) is 17.5. The molecule has 4 heteroatoms. The average Bonchev–Trinajstić information content (AvgIpc) is 3.03. The van der Waals surface area contributed by atoms with Crippen molar-refractivity contribution < 1.29 is 9.53 Å². The first kappa shape index (κ1) is 14.6. The lowest BCUT2D eigenvalue weighted by molar-refractivity contribution is 0.0915. The molecule has 22 heavy (non-hydrogen) atoms. The second-order valence-corrected chi connectivity index (χ2v) is 5.60. The predicted octanol–water partition coefficient (Wildman–Crippen LogP) is 3.86. The maximum Gasteiger partial charge on any atom is 0.410 e. The summed E-state index contributed by atoms with van der Waals surface area (Å²) in [5, 5.41) is 0. The highest BCUT2D eigenvalue weighted by atomic mass is 16.6. The topological polar surface area (TPSA) is 42.4 Å². The number of hydrogen-bond donors (Lipinski definition) is 0. The zero-order chi connectivity index (χ0) is 15.4. The van der Waals surface area contributed by atoms with Gasteiger partial charge in [-0.15, -0.1) is 0 Å². The van der Waals surface area contributed by atoms with Gasteiger partial charge in [0, 0.05) is 12.2 Å². The zero-order valence-corrected chi connectivity index (χ0v) is 12.7. The standard InChI is InChI=1S/C18H20N2O2/c1-14-7-5-10-16(19-14)17-11-6-12-20(17)18(21)22-13-15-8-3-2-4-9-15/h2-5,7-10,17H,6,11-13H2,1H3. The molecular formula is C18H20N2O2. The smallest absolute Gasteiger partial charge is 0.410 e. The SMILES string of the molecule is Cc1cccc(C2CCCN2C(=O)OCc2ccccc2)n1. The Morgan fingerprint density at radius 1 is 1.23 bits per heavy atom. The molecule has 0 bridgehead atoms. The summed E-state index contributed by atoms with van der Waals surface area (Å²) in [6, 6.07) is 15.7. The Bertz CT molecular complexity index is 643. The quantitative estimate of drug-likeness (QED) is 0.863. The summed E-state index contributed by atoms with van der Waals surface area (Å²) in [5.41, 5.74) is 2.93. The minimum Gasteiger partial charge on any atom is -0.445 e. The third-order valence-electron chi connectivity index (χ3n) is 3.94. The lowest BCUT2D eigenvalue weighted by Crippen LogP contribution is -2.31. The summed E-state index contributed by atoms with van der Waals surface area (Å²) in [7, 11) is 0. The third kappa shape index (κ3) is 3.27. The van der Waals surface area contributed by atoms with Crippen molar-refractivity contribution in [3.05, 3.63) is 65.5 Å². The molecule has 1 aliphatic heterocycles. The van der Waals surface area contributed by atoms with Gasteiger partial charge in [-0.25, -0.2) is 4.79 Å². The van der Waals surface area contributed by atoms with E-state index in [1.165, 1.54) is 0 Å². The molecule has 0 radical (unpaired) electrons. The largest absolute Gasteiger partial charge is 0.445 e. The van der Waals surface area contributed by atoms with Crippen LogP contribution in [0.1, 0.15) is 35.8 Å². The molecule has 2 heterocycles. The number of pyridine rings is 1. The number of aromatic nitrogens is 1. The molecular weight excluding hydrogens is 276 g/mol. The van der Waals surface area contributed by atoms with Crippen LogP contribution in [0.25, 0.3) is 0 Å². The Morgan fingerprint density at radius 3 is 2.82 bits per heavy atom. The van der Waals surface area contributed by atoms with E-state index in [9.17, 15) is 4.79 Å². The van der Waals surface area contributed by atoms with Crippen molar-refractivity contribution >= 4 is 6.09 Å².